The zero-order chi connectivity index (χ0) is 15.6. The predicted octanol–water partition coefficient (Wildman–Crippen LogP) is 5.59. The quantitative estimate of drug-likeness (QED) is 0.582. The first-order valence-corrected chi connectivity index (χ1v) is 7.94. The summed E-state index contributed by atoms with van der Waals surface area (Å²) in [6.45, 7) is 23.7. The Morgan fingerprint density at radius 2 is 1.21 bits per heavy atom. The second kappa shape index (κ2) is 6.16. The molecule has 19 heavy (non-hydrogen) atoms. The second-order valence-corrected chi connectivity index (χ2v) is 9.18. The molecule has 0 aliphatic carbocycles. The molecule has 0 atom stereocenters. The van der Waals surface area contributed by atoms with Gasteiger partial charge >= 0.3 is 0 Å². The van der Waals surface area contributed by atoms with Gasteiger partial charge in [-0.05, 0) is 64.3 Å². The van der Waals surface area contributed by atoms with E-state index in [0.29, 0.717) is 16.9 Å². The lowest BCUT2D eigenvalue weighted by Crippen LogP contribution is -2.48. The molecule has 0 aliphatic rings. The maximum Gasteiger partial charge on any atom is 0.0158 e. The maximum absolute atomic E-state index is 2.51. The molecule has 0 amide bonds. The Morgan fingerprint density at radius 1 is 0.789 bits per heavy atom. The lowest BCUT2D eigenvalue weighted by molar-refractivity contribution is 0.0426. The molecule has 116 valence electrons. The Kier molecular flexibility index (Phi) is 6.15. The van der Waals surface area contributed by atoms with E-state index < -0.39 is 0 Å². The number of rotatable bonds is 7. The molecule has 0 aromatic rings. The third kappa shape index (κ3) is 5.85. The second-order valence-electron chi connectivity index (χ2n) is 9.18. The summed E-state index contributed by atoms with van der Waals surface area (Å²) < 4.78 is 0. The van der Waals surface area contributed by atoms with Crippen LogP contribution in [0.1, 0.15) is 82.1 Å². The average Bonchev–Trinajstić information content (AvgIpc) is 2.12. The van der Waals surface area contributed by atoms with Crippen molar-refractivity contribution in [3.63, 3.8) is 0 Å². The summed E-state index contributed by atoms with van der Waals surface area (Å²) in [6.07, 6.45) is 2.53. The molecule has 0 rings (SSSR count). The smallest absolute Gasteiger partial charge is 0.0158 e. The molecule has 0 bridgehead atoms. The van der Waals surface area contributed by atoms with Crippen molar-refractivity contribution >= 4 is 0 Å². The Bertz CT molecular complexity index is 271. The summed E-state index contributed by atoms with van der Waals surface area (Å²) in [5.41, 5.74) is 1.04. The minimum absolute atomic E-state index is 0.255. The van der Waals surface area contributed by atoms with E-state index in [1.54, 1.807) is 0 Å². The van der Waals surface area contributed by atoms with Crippen molar-refractivity contribution in [3.05, 3.63) is 0 Å². The van der Waals surface area contributed by atoms with Crippen LogP contribution in [-0.4, -0.2) is 23.5 Å². The van der Waals surface area contributed by atoms with E-state index in [-0.39, 0.29) is 5.54 Å². The van der Waals surface area contributed by atoms with Gasteiger partial charge in [-0.15, -0.1) is 0 Å². The van der Waals surface area contributed by atoms with Gasteiger partial charge in [0.2, 0.25) is 0 Å². The van der Waals surface area contributed by atoms with Gasteiger partial charge in [-0.25, -0.2) is 0 Å². The highest BCUT2D eigenvalue weighted by Crippen LogP contribution is 2.43. The van der Waals surface area contributed by atoms with E-state index in [1.165, 1.54) is 12.8 Å². The summed E-state index contributed by atoms with van der Waals surface area (Å²) in [4.78, 5) is 2.51. The lowest BCUT2D eigenvalue weighted by atomic mass is 9.66. The van der Waals surface area contributed by atoms with Crippen LogP contribution in [0.5, 0.6) is 0 Å². The van der Waals surface area contributed by atoms with E-state index in [1.807, 2.05) is 0 Å². The molecular formula is C18H39N. The molecule has 0 aromatic heterocycles. The van der Waals surface area contributed by atoms with Gasteiger partial charge in [0.1, 0.15) is 0 Å². The van der Waals surface area contributed by atoms with Crippen LogP contribution >= 0.6 is 0 Å². The van der Waals surface area contributed by atoms with Crippen LogP contribution in [0.3, 0.4) is 0 Å². The average molecular weight is 270 g/mol. The number of nitrogens with zero attached hydrogens (tertiary/aromatic N) is 1. The normalized spacial score (nSPS) is 14.8. The van der Waals surface area contributed by atoms with Crippen LogP contribution in [-0.2, 0) is 0 Å². The molecule has 0 fully saturated rings. The minimum atomic E-state index is 0.255. The Labute approximate surface area is 123 Å². The lowest BCUT2D eigenvalue weighted by Gasteiger charge is -2.46. The van der Waals surface area contributed by atoms with E-state index in [9.17, 15) is 0 Å². The fourth-order valence-corrected chi connectivity index (χ4v) is 3.49. The fraction of sp³-hybridized carbons (Fsp3) is 1.00. The largest absolute Gasteiger partial charge is 0.299 e. The summed E-state index contributed by atoms with van der Waals surface area (Å²) in [5.74, 6) is 0.734. The highest BCUT2D eigenvalue weighted by atomic mass is 15.2. The van der Waals surface area contributed by atoms with E-state index in [0.717, 1.165) is 5.92 Å². The molecule has 0 N–H and O–H groups in total. The molecular weight excluding hydrogens is 230 g/mol. The topological polar surface area (TPSA) is 3.24 Å². The summed E-state index contributed by atoms with van der Waals surface area (Å²) in [6, 6.07) is 0.601. The molecule has 0 saturated carbocycles. The van der Waals surface area contributed by atoms with Gasteiger partial charge in [0.15, 0.2) is 0 Å². The minimum Gasteiger partial charge on any atom is -0.299 e. The van der Waals surface area contributed by atoms with Crippen molar-refractivity contribution in [2.45, 2.75) is 93.7 Å². The van der Waals surface area contributed by atoms with Crippen LogP contribution in [0, 0.1) is 16.7 Å². The van der Waals surface area contributed by atoms with Crippen LogP contribution in [0.15, 0.2) is 0 Å². The monoisotopic (exact) mass is 269 g/mol. The standard InChI is InChI=1S/C18H39N/c1-14(2)17(7,8)12-16(5,6)13-18(9,10)19(11)15(3)4/h14-15H,12-13H2,1-11H3. The molecule has 0 heterocycles. The molecule has 0 aliphatic heterocycles. The zero-order valence-corrected chi connectivity index (χ0v) is 15.5. The van der Waals surface area contributed by atoms with Crippen molar-refractivity contribution in [3.8, 4) is 0 Å². The molecule has 0 aromatic carbocycles. The van der Waals surface area contributed by atoms with Crippen molar-refractivity contribution in [2.24, 2.45) is 16.7 Å². The first-order valence-electron chi connectivity index (χ1n) is 7.94. The summed E-state index contributed by atoms with van der Waals surface area (Å²) >= 11 is 0. The van der Waals surface area contributed by atoms with Crippen LogP contribution in [0.25, 0.3) is 0 Å². The highest BCUT2D eigenvalue weighted by molar-refractivity contribution is 4.90. The molecule has 1 nitrogen and oxygen atoms in total. The molecule has 0 unspecified atom stereocenters. The van der Waals surface area contributed by atoms with E-state index >= 15 is 0 Å². The third-order valence-corrected chi connectivity index (χ3v) is 5.14. The summed E-state index contributed by atoms with van der Waals surface area (Å²) in [5, 5.41) is 0. The van der Waals surface area contributed by atoms with Gasteiger partial charge < -0.3 is 0 Å². The molecule has 0 saturated heterocycles. The molecule has 1 heteroatoms. The van der Waals surface area contributed by atoms with Crippen molar-refractivity contribution in [1.29, 1.82) is 0 Å². The van der Waals surface area contributed by atoms with Crippen molar-refractivity contribution < 1.29 is 0 Å². The van der Waals surface area contributed by atoms with Crippen molar-refractivity contribution in [2.75, 3.05) is 7.05 Å². The van der Waals surface area contributed by atoms with Gasteiger partial charge in [0.25, 0.3) is 0 Å². The van der Waals surface area contributed by atoms with Crippen molar-refractivity contribution in [1.82, 2.24) is 4.90 Å². The fourth-order valence-electron chi connectivity index (χ4n) is 3.49. The molecule has 0 spiro atoms. The van der Waals surface area contributed by atoms with Gasteiger partial charge in [0, 0.05) is 11.6 Å². The van der Waals surface area contributed by atoms with Gasteiger partial charge in [0.05, 0.1) is 0 Å². The Hall–Kier alpha value is -0.0400. The van der Waals surface area contributed by atoms with E-state index in [4.69, 9.17) is 0 Å². The summed E-state index contributed by atoms with van der Waals surface area (Å²) in [7, 11) is 2.26. The van der Waals surface area contributed by atoms with E-state index in [2.05, 4.69) is 81.2 Å². The number of hydrogen-bond donors (Lipinski definition) is 0. The maximum atomic E-state index is 2.51. The third-order valence-electron chi connectivity index (χ3n) is 5.14. The van der Waals surface area contributed by atoms with Crippen LogP contribution in [0.4, 0.5) is 0 Å². The molecule has 0 radical (unpaired) electrons. The zero-order valence-electron chi connectivity index (χ0n) is 15.5. The van der Waals surface area contributed by atoms with Crippen LogP contribution in [0.2, 0.25) is 0 Å². The predicted molar refractivity (Wildman–Crippen MR) is 88.6 cm³/mol. The first-order chi connectivity index (χ1) is 8.21. The van der Waals surface area contributed by atoms with Gasteiger partial charge in [-0.1, -0.05) is 41.5 Å². The van der Waals surface area contributed by atoms with Gasteiger partial charge in [-0.2, -0.15) is 0 Å². The highest BCUT2D eigenvalue weighted by Gasteiger charge is 2.37. The first kappa shape index (κ1) is 19.0. The number of hydrogen-bond acceptors (Lipinski definition) is 1. The van der Waals surface area contributed by atoms with Crippen LogP contribution < -0.4 is 0 Å². The Balaban J connectivity index is 4.86. The van der Waals surface area contributed by atoms with Gasteiger partial charge in [-0.3, -0.25) is 4.90 Å². The SMILES string of the molecule is CC(C)N(C)C(C)(C)CC(C)(C)CC(C)(C)C(C)C. The Morgan fingerprint density at radius 3 is 1.53 bits per heavy atom.